The fourth-order valence-corrected chi connectivity index (χ4v) is 3.97. The summed E-state index contributed by atoms with van der Waals surface area (Å²) in [4.78, 5) is 46.5. The van der Waals surface area contributed by atoms with Gasteiger partial charge in [0.2, 0.25) is 17.7 Å². The summed E-state index contributed by atoms with van der Waals surface area (Å²) in [5.41, 5.74) is 8.97. The number of hydroxylamine groups is 1. The molecule has 0 aromatic carbocycles. The van der Waals surface area contributed by atoms with E-state index < -0.39 is 30.1 Å². The lowest BCUT2D eigenvalue weighted by Gasteiger charge is -2.32. The number of carbonyl (C=O) groups is 3. The fourth-order valence-electron chi connectivity index (χ4n) is 3.97. The van der Waals surface area contributed by atoms with Crippen LogP contribution in [0.2, 0.25) is 0 Å². The average Bonchev–Trinajstić information content (AvgIpc) is 3.40. The molecule has 3 saturated heterocycles. The second-order valence-corrected chi connectivity index (χ2v) is 7.65. The second-order valence-electron chi connectivity index (χ2n) is 7.65. The number of aliphatic hydroxyl groups is 1. The molecule has 3 amide bonds. The quantitative estimate of drug-likeness (QED) is 0.431. The standard InChI is InChI=1S/C18H29N5O5/c1-10-12(9-28-21-10)20-16(25)13-5-3-7-22(13)17(26)14-6-4-8-23(14)18(27)15(19)11(2)24/h11-15,21,24H,1,3-9,19H2,2H3,(H,20,25)/t11-,12-,13?,14?,15+/m1/s1. The van der Waals surface area contributed by atoms with Gasteiger partial charge in [0, 0.05) is 13.1 Å². The second kappa shape index (κ2) is 8.46. The zero-order valence-corrected chi connectivity index (χ0v) is 16.1. The number of amides is 3. The molecule has 3 fully saturated rings. The molecule has 10 heteroatoms. The highest BCUT2D eigenvalue weighted by atomic mass is 16.7. The molecular formula is C18H29N5O5. The lowest BCUT2D eigenvalue weighted by molar-refractivity contribution is -0.148. The zero-order chi connectivity index (χ0) is 20.4. The van der Waals surface area contributed by atoms with Crippen molar-refractivity contribution < 1.29 is 24.3 Å². The highest BCUT2D eigenvalue weighted by Gasteiger charge is 2.43. The van der Waals surface area contributed by atoms with Crippen LogP contribution in [0.25, 0.3) is 0 Å². The molecule has 3 aliphatic heterocycles. The molecule has 3 rings (SSSR count). The van der Waals surface area contributed by atoms with Gasteiger partial charge in [0.15, 0.2) is 0 Å². The van der Waals surface area contributed by atoms with Crippen LogP contribution in [0.4, 0.5) is 0 Å². The van der Waals surface area contributed by atoms with Gasteiger partial charge < -0.3 is 26.0 Å². The maximum absolute atomic E-state index is 13.2. The lowest BCUT2D eigenvalue weighted by atomic mass is 10.1. The van der Waals surface area contributed by atoms with E-state index in [0.717, 1.165) is 6.42 Å². The SMILES string of the molecule is C=C1NOC[C@H]1NC(=O)C1CCCN1C(=O)C1CCCN1C(=O)[C@@H](N)[C@@H](C)O. The number of hydrogen-bond donors (Lipinski definition) is 4. The van der Waals surface area contributed by atoms with Gasteiger partial charge in [0.05, 0.1) is 17.8 Å². The minimum Gasteiger partial charge on any atom is -0.391 e. The Bertz CT molecular complexity index is 654. The first-order valence-corrected chi connectivity index (χ1v) is 9.73. The van der Waals surface area contributed by atoms with Crippen LogP contribution in [0.1, 0.15) is 32.6 Å². The van der Waals surface area contributed by atoms with Crippen molar-refractivity contribution in [2.24, 2.45) is 5.73 Å². The zero-order valence-electron chi connectivity index (χ0n) is 16.1. The van der Waals surface area contributed by atoms with E-state index in [1.54, 1.807) is 4.90 Å². The van der Waals surface area contributed by atoms with Crippen LogP contribution in [-0.2, 0) is 19.2 Å². The Kier molecular flexibility index (Phi) is 6.21. The van der Waals surface area contributed by atoms with E-state index in [-0.39, 0.29) is 24.5 Å². The first-order chi connectivity index (χ1) is 13.3. The molecule has 0 saturated carbocycles. The summed E-state index contributed by atoms with van der Waals surface area (Å²) < 4.78 is 0. The van der Waals surface area contributed by atoms with E-state index in [2.05, 4.69) is 17.4 Å². The van der Waals surface area contributed by atoms with Gasteiger partial charge in [-0.05, 0) is 32.6 Å². The van der Waals surface area contributed by atoms with E-state index in [1.807, 2.05) is 0 Å². The molecule has 28 heavy (non-hydrogen) atoms. The lowest BCUT2D eigenvalue weighted by Crippen LogP contribution is -2.57. The Balaban J connectivity index is 1.67. The van der Waals surface area contributed by atoms with Crippen molar-refractivity contribution in [3.05, 3.63) is 12.3 Å². The van der Waals surface area contributed by atoms with Crippen LogP contribution in [0.5, 0.6) is 0 Å². The van der Waals surface area contributed by atoms with Gasteiger partial charge in [0.1, 0.15) is 24.7 Å². The molecule has 5 atom stereocenters. The van der Waals surface area contributed by atoms with E-state index in [4.69, 9.17) is 10.6 Å². The smallest absolute Gasteiger partial charge is 0.246 e. The van der Waals surface area contributed by atoms with Crippen LogP contribution in [-0.4, -0.2) is 82.6 Å². The van der Waals surface area contributed by atoms with Gasteiger partial charge in [-0.15, -0.1) is 0 Å². The summed E-state index contributed by atoms with van der Waals surface area (Å²) in [5, 5.41) is 12.5. The molecule has 10 nitrogen and oxygen atoms in total. The van der Waals surface area contributed by atoms with Crippen LogP contribution in [0.15, 0.2) is 12.3 Å². The highest BCUT2D eigenvalue weighted by molar-refractivity contribution is 5.94. The van der Waals surface area contributed by atoms with Crippen LogP contribution < -0.4 is 16.5 Å². The predicted molar refractivity (Wildman–Crippen MR) is 99.3 cm³/mol. The largest absolute Gasteiger partial charge is 0.391 e. The summed E-state index contributed by atoms with van der Waals surface area (Å²) in [7, 11) is 0. The van der Waals surface area contributed by atoms with E-state index in [9.17, 15) is 19.5 Å². The van der Waals surface area contributed by atoms with Gasteiger partial charge >= 0.3 is 0 Å². The molecule has 0 aromatic heterocycles. The maximum Gasteiger partial charge on any atom is 0.246 e. The Hall–Kier alpha value is -2.17. The summed E-state index contributed by atoms with van der Waals surface area (Å²) in [6.07, 6.45) is 1.50. The first-order valence-electron chi connectivity index (χ1n) is 9.73. The van der Waals surface area contributed by atoms with Crippen molar-refractivity contribution in [3.63, 3.8) is 0 Å². The number of nitrogens with two attached hydrogens (primary N) is 1. The number of rotatable bonds is 5. The molecular weight excluding hydrogens is 366 g/mol. The monoisotopic (exact) mass is 395 g/mol. The van der Waals surface area contributed by atoms with Gasteiger partial charge in [-0.25, -0.2) is 0 Å². The topological polar surface area (TPSA) is 137 Å². The van der Waals surface area contributed by atoms with E-state index in [1.165, 1.54) is 11.8 Å². The Morgan fingerprint density at radius 1 is 1.25 bits per heavy atom. The first kappa shape index (κ1) is 20.6. The van der Waals surface area contributed by atoms with Crippen LogP contribution in [0, 0.1) is 0 Å². The third-order valence-electron chi connectivity index (χ3n) is 5.65. The molecule has 0 radical (unpaired) electrons. The molecule has 0 spiro atoms. The van der Waals surface area contributed by atoms with Crippen molar-refractivity contribution in [1.82, 2.24) is 20.6 Å². The molecule has 3 heterocycles. The predicted octanol–water partition coefficient (Wildman–Crippen LogP) is -1.79. The third-order valence-corrected chi connectivity index (χ3v) is 5.65. The minimum absolute atomic E-state index is 0.235. The number of aliphatic hydroxyl groups excluding tert-OH is 1. The Morgan fingerprint density at radius 3 is 2.50 bits per heavy atom. The summed E-state index contributed by atoms with van der Waals surface area (Å²) in [6, 6.07) is -2.62. The summed E-state index contributed by atoms with van der Waals surface area (Å²) in [5.74, 6) is -0.918. The van der Waals surface area contributed by atoms with Crippen LogP contribution in [0.3, 0.4) is 0 Å². The van der Waals surface area contributed by atoms with Crippen molar-refractivity contribution in [1.29, 1.82) is 0 Å². The fraction of sp³-hybridized carbons (Fsp3) is 0.722. The molecule has 0 bridgehead atoms. The van der Waals surface area contributed by atoms with Crippen molar-refractivity contribution in [3.8, 4) is 0 Å². The Labute approximate surface area is 164 Å². The van der Waals surface area contributed by atoms with Crippen molar-refractivity contribution >= 4 is 17.7 Å². The van der Waals surface area contributed by atoms with Gasteiger partial charge in [-0.1, -0.05) is 6.58 Å². The molecule has 0 aromatic rings. The van der Waals surface area contributed by atoms with Gasteiger partial charge in [-0.2, -0.15) is 0 Å². The minimum atomic E-state index is -1.06. The number of hydrogen-bond acceptors (Lipinski definition) is 7. The van der Waals surface area contributed by atoms with Crippen LogP contribution >= 0.6 is 0 Å². The normalized spacial score (nSPS) is 29.5. The third kappa shape index (κ3) is 3.98. The van der Waals surface area contributed by atoms with Gasteiger partial charge in [0.25, 0.3) is 0 Å². The summed E-state index contributed by atoms with van der Waals surface area (Å²) >= 11 is 0. The average molecular weight is 395 g/mol. The number of nitrogens with one attached hydrogen (secondary N) is 2. The Morgan fingerprint density at radius 2 is 1.89 bits per heavy atom. The number of likely N-dealkylation sites (tertiary alicyclic amines) is 2. The van der Waals surface area contributed by atoms with E-state index in [0.29, 0.717) is 38.0 Å². The van der Waals surface area contributed by atoms with Crippen molar-refractivity contribution in [2.75, 3.05) is 19.7 Å². The molecule has 0 aliphatic carbocycles. The molecule has 156 valence electrons. The van der Waals surface area contributed by atoms with Crippen molar-refractivity contribution in [2.45, 2.75) is 62.9 Å². The van der Waals surface area contributed by atoms with E-state index >= 15 is 0 Å². The highest BCUT2D eigenvalue weighted by Crippen LogP contribution is 2.26. The molecule has 5 N–H and O–H groups in total. The van der Waals surface area contributed by atoms with Gasteiger partial charge in [-0.3, -0.25) is 24.7 Å². The maximum atomic E-state index is 13.2. The summed E-state index contributed by atoms with van der Waals surface area (Å²) in [6.45, 7) is 6.41. The molecule has 3 aliphatic rings. The molecule has 2 unspecified atom stereocenters. The number of carbonyl (C=O) groups excluding carboxylic acids is 3. The number of nitrogens with zero attached hydrogens (tertiary/aromatic N) is 2.